The molecule has 11 heteroatoms. The minimum Gasteiger partial charge on any atom is -0.298 e. The lowest BCUT2D eigenvalue weighted by Crippen LogP contribution is -2.17. The van der Waals surface area contributed by atoms with Crippen molar-refractivity contribution >= 4 is 32.7 Å². The van der Waals surface area contributed by atoms with Crippen molar-refractivity contribution in [1.29, 1.82) is 0 Å². The van der Waals surface area contributed by atoms with E-state index in [1.807, 2.05) is 0 Å². The summed E-state index contributed by atoms with van der Waals surface area (Å²) in [5.74, 6) is -1.13. The second-order valence-corrected chi connectivity index (χ2v) is 7.00. The molecule has 0 bridgehead atoms. The third-order valence-electron chi connectivity index (χ3n) is 3.75. The molecule has 2 aromatic heterocycles. The van der Waals surface area contributed by atoms with Gasteiger partial charge in [0.1, 0.15) is 0 Å². The smallest absolute Gasteiger partial charge is 0.298 e. The molecular weight excluding hydrogens is 408 g/mol. The van der Waals surface area contributed by atoms with Crippen LogP contribution in [-0.4, -0.2) is 15.9 Å². The van der Waals surface area contributed by atoms with Gasteiger partial charge in [-0.05, 0) is 43.7 Å². The summed E-state index contributed by atoms with van der Waals surface area (Å²) in [5, 5.41) is 2.27. The van der Waals surface area contributed by atoms with Gasteiger partial charge in [0, 0.05) is 11.3 Å². The third kappa shape index (κ3) is 4.08. The van der Waals surface area contributed by atoms with Crippen LogP contribution in [0, 0.1) is 13.8 Å². The fourth-order valence-corrected chi connectivity index (χ4v) is 3.40. The summed E-state index contributed by atoms with van der Waals surface area (Å²) < 4.78 is 78.2. The fraction of sp³-hybridized carbons (Fsp3) is 0.235. The molecule has 0 saturated carbocycles. The standard InChI is InChI=1S/C17H11F6N3OS/c1-7-3-8(2)24-13-12(7)28-15(25-13)26-14(27)9-4-10(16(18,19)20)6-11(5-9)17(21,22)23/h3-6H,1-2H3,(H,24,25,26,27). The zero-order valence-electron chi connectivity index (χ0n) is 14.3. The number of fused-ring (bicyclic) bond motifs is 1. The number of halogens is 6. The van der Waals surface area contributed by atoms with Gasteiger partial charge in [0.05, 0.1) is 15.8 Å². The minimum atomic E-state index is -5.04. The van der Waals surface area contributed by atoms with E-state index < -0.39 is 35.0 Å². The van der Waals surface area contributed by atoms with E-state index in [0.29, 0.717) is 28.2 Å². The lowest BCUT2D eigenvalue weighted by Gasteiger charge is -2.13. The topological polar surface area (TPSA) is 54.9 Å². The van der Waals surface area contributed by atoms with Gasteiger partial charge < -0.3 is 0 Å². The number of aryl methyl sites for hydroxylation is 2. The molecule has 1 aromatic carbocycles. The van der Waals surface area contributed by atoms with Crippen LogP contribution in [0.4, 0.5) is 31.5 Å². The van der Waals surface area contributed by atoms with E-state index in [4.69, 9.17) is 0 Å². The number of nitrogens with one attached hydrogen (secondary N) is 1. The van der Waals surface area contributed by atoms with Crippen molar-refractivity contribution < 1.29 is 31.1 Å². The minimum absolute atomic E-state index is 0.0205. The zero-order valence-corrected chi connectivity index (χ0v) is 15.1. The van der Waals surface area contributed by atoms with Gasteiger partial charge in [-0.15, -0.1) is 0 Å². The summed E-state index contributed by atoms with van der Waals surface area (Å²) in [4.78, 5) is 20.6. The maximum Gasteiger partial charge on any atom is 0.416 e. The summed E-state index contributed by atoms with van der Waals surface area (Å²) in [5.41, 5.74) is -2.06. The molecule has 4 nitrogen and oxygen atoms in total. The average Bonchev–Trinajstić information content (AvgIpc) is 2.95. The SMILES string of the molecule is Cc1cc(C)c2sc(NC(=O)c3cc(C(F)(F)F)cc(C(F)(F)F)c3)nc2n1. The van der Waals surface area contributed by atoms with Crippen LogP contribution >= 0.6 is 11.3 Å². The third-order valence-corrected chi connectivity index (χ3v) is 4.84. The number of thiazole rings is 1. The number of amides is 1. The van der Waals surface area contributed by atoms with Crippen LogP contribution in [0.15, 0.2) is 24.3 Å². The quantitative estimate of drug-likeness (QED) is 0.551. The predicted octanol–water partition coefficient (Wildman–Crippen LogP) is 5.60. The maximum absolute atomic E-state index is 12.9. The van der Waals surface area contributed by atoms with Gasteiger partial charge in [0.15, 0.2) is 10.8 Å². The normalized spacial score (nSPS) is 12.4. The molecule has 0 unspecified atom stereocenters. The van der Waals surface area contributed by atoms with Crippen LogP contribution in [0.3, 0.4) is 0 Å². The average molecular weight is 419 g/mol. The number of aromatic nitrogens is 2. The van der Waals surface area contributed by atoms with E-state index in [2.05, 4.69) is 15.3 Å². The Morgan fingerprint density at radius 2 is 1.50 bits per heavy atom. The van der Waals surface area contributed by atoms with E-state index in [-0.39, 0.29) is 11.2 Å². The highest BCUT2D eigenvalue weighted by atomic mass is 32.1. The molecule has 0 radical (unpaired) electrons. The summed E-state index contributed by atoms with van der Waals surface area (Å²) in [6, 6.07) is 2.48. The number of pyridine rings is 1. The van der Waals surface area contributed by atoms with Gasteiger partial charge in [-0.2, -0.15) is 31.3 Å². The monoisotopic (exact) mass is 419 g/mol. The van der Waals surface area contributed by atoms with E-state index in [9.17, 15) is 31.1 Å². The lowest BCUT2D eigenvalue weighted by atomic mass is 10.0. The Morgan fingerprint density at radius 3 is 2.04 bits per heavy atom. The van der Waals surface area contributed by atoms with Crippen molar-refractivity contribution in [2.45, 2.75) is 26.2 Å². The molecule has 0 spiro atoms. The number of hydrogen-bond acceptors (Lipinski definition) is 4. The molecule has 0 aliphatic carbocycles. The Bertz CT molecular complexity index is 1040. The number of nitrogens with zero attached hydrogens (tertiary/aromatic N) is 2. The first kappa shape index (κ1) is 20.1. The van der Waals surface area contributed by atoms with Gasteiger partial charge in [0.25, 0.3) is 5.91 Å². The molecule has 1 N–H and O–H groups in total. The van der Waals surface area contributed by atoms with Gasteiger partial charge in [0.2, 0.25) is 0 Å². The summed E-state index contributed by atoms with van der Waals surface area (Å²) in [6.07, 6.45) is -10.1. The van der Waals surface area contributed by atoms with Crippen LogP contribution < -0.4 is 5.32 Å². The highest BCUT2D eigenvalue weighted by Gasteiger charge is 2.37. The maximum atomic E-state index is 12.9. The number of benzene rings is 1. The zero-order chi connectivity index (χ0) is 20.9. The second-order valence-electron chi connectivity index (χ2n) is 6.00. The van der Waals surface area contributed by atoms with Crippen molar-refractivity contribution in [3.05, 3.63) is 52.2 Å². The molecule has 3 aromatic rings. The molecule has 3 rings (SSSR count). The fourth-order valence-electron chi connectivity index (χ4n) is 2.53. The molecule has 0 aliphatic heterocycles. The van der Waals surface area contributed by atoms with E-state index in [1.54, 1.807) is 19.9 Å². The van der Waals surface area contributed by atoms with Gasteiger partial charge in [-0.25, -0.2) is 4.98 Å². The molecule has 148 valence electrons. The lowest BCUT2D eigenvalue weighted by molar-refractivity contribution is -0.143. The van der Waals surface area contributed by atoms with Gasteiger partial charge >= 0.3 is 12.4 Å². The van der Waals surface area contributed by atoms with Crippen LogP contribution in [0.2, 0.25) is 0 Å². The molecule has 28 heavy (non-hydrogen) atoms. The number of anilines is 1. The van der Waals surface area contributed by atoms with Crippen molar-refractivity contribution in [1.82, 2.24) is 9.97 Å². The van der Waals surface area contributed by atoms with Crippen LogP contribution in [0.1, 0.15) is 32.7 Å². The molecule has 1 amide bonds. The first-order valence-corrected chi connectivity index (χ1v) is 8.52. The Balaban J connectivity index is 1.99. The van der Waals surface area contributed by atoms with Crippen LogP contribution in [-0.2, 0) is 12.4 Å². The highest BCUT2D eigenvalue weighted by molar-refractivity contribution is 7.22. The van der Waals surface area contributed by atoms with Crippen molar-refractivity contribution in [2.75, 3.05) is 5.32 Å². The molecular formula is C17H11F6N3OS. The van der Waals surface area contributed by atoms with E-state index >= 15 is 0 Å². The number of carbonyl (C=O) groups excluding carboxylic acids is 1. The first-order chi connectivity index (χ1) is 12.8. The molecule has 0 atom stereocenters. The van der Waals surface area contributed by atoms with E-state index in [0.717, 1.165) is 16.9 Å². The number of hydrogen-bond donors (Lipinski definition) is 1. The summed E-state index contributed by atoms with van der Waals surface area (Å²) in [7, 11) is 0. The van der Waals surface area contributed by atoms with Gasteiger partial charge in [-0.1, -0.05) is 11.3 Å². The van der Waals surface area contributed by atoms with Crippen molar-refractivity contribution in [3.63, 3.8) is 0 Å². The molecule has 2 heterocycles. The van der Waals surface area contributed by atoms with Crippen molar-refractivity contribution in [3.8, 4) is 0 Å². The van der Waals surface area contributed by atoms with Gasteiger partial charge in [-0.3, -0.25) is 10.1 Å². The molecule has 0 fully saturated rings. The Labute approximate surface area is 158 Å². The van der Waals surface area contributed by atoms with Crippen LogP contribution in [0.5, 0.6) is 0 Å². The van der Waals surface area contributed by atoms with Crippen LogP contribution in [0.25, 0.3) is 10.3 Å². The Hall–Kier alpha value is -2.69. The number of rotatable bonds is 2. The summed E-state index contributed by atoms with van der Waals surface area (Å²) in [6.45, 7) is 3.54. The summed E-state index contributed by atoms with van der Waals surface area (Å²) >= 11 is 1.03. The molecule has 0 saturated heterocycles. The Kier molecular flexibility index (Phi) is 4.82. The predicted molar refractivity (Wildman–Crippen MR) is 91.3 cm³/mol. The highest BCUT2D eigenvalue weighted by Crippen LogP contribution is 2.36. The molecule has 0 aliphatic rings. The first-order valence-electron chi connectivity index (χ1n) is 7.70. The number of carbonyl (C=O) groups is 1. The van der Waals surface area contributed by atoms with E-state index in [1.165, 1.54) is 0 Å². The largest absolute Gasteiger partial charge is 0.416 e. The Morgan fingerprint density at radius 1 is 0.929 bits per heavy atom. The number of alkyl halides is 6. The van der Waals surface area contributed by atoms with Crippen molar-refractivity contribution in [2.24, 2.45) is 0 Å². The second kappa shape index (κ2) is 6.73.